The molecule has 9 nitrogen and oxygen atoms in total. The van der Waals surface area contributed by atoms with E-state index in [1.54, 1.807) is 25.5 Å². The summed E-state index contributed by atoms with van der Waals surface area (Å²) in [6.07, 6.45) is 1.54. The standard InChI is InChI=1S/C17H20N4O5S/c1-4-25-15(23)11-6-12(16(24)26-5-2)8-13(7-11)19-14(22)9-27-17-20-18-10-21(17)3/h6-8,10H,4-5,9H2,1-3H3,(H,19,22). The van der Waals surface area contributed by atoms with Gasteiger partial charge in [-0.1, -0.05) is 11.8 Å². The van der Waals surface area contributed by atoms with Gasteiger partial charge in [-0.2, -0.15) is 0 Å². The van der Waals surface area contributed by atoms with Crippen molar-refractivity contribution in [3.05, 3.63) is 35.7 Å². The number of aryl methyl sites for hydroxylation is 1. The number of hydrogen-bond donors (Lipinski definition) is 1. The first-order valence-electron chi connectivity index (χ1n) is 8.20. The number of nitrogens with zero attached hydrogens (tertiary/aromatic N) is 3. The molecule has 144 valence electrons. The van der Waals surface area contributed by atoms with Crippen molar-refractivity contribution in [1.29, 1.82) is 0 Å². The van der Waals surface area contributed by atoms with E-state index in [4.69, 9.17) is 9.47 Å². The lowest BCUT2D eigenvalue weighted by Crippen LogP contribution is -2.16. The topological polar surface area (TPSA) is 112 Å². The fraction of sp³-hybridized carbons (Fsp3) is 0.353. The third kappa shape index (κ3) is 5.81. The molecule has 0 spiro atoms. The van der Waals surface area contributed by atoms with Crippen LogP contribution in [0.5, 0.6) is 0 Å². The molecule has 0 aliphatic rings. The third-order valence-corrected chi connectivity index (χ3v) is 4.28. The molecule has 0 saturated heterocycles. The number of benzene rings is 1. The minimum absolute atomic E-state index is 0.0882. The Morgan fingerprint density at radius 2 is 1.67 bits per heavy atom. The van der Waals surface area contributed by atoms with E-state index < -0.39 is 11.9 Å². The van der Waals surface area contributed by atoms with E-state index in [0.29, 0.717) is 10.8 Å². The number of ether oxygens (including phenoxy) is 2. The highest BCUT2D eigenvalue weighted by atomic mass is 32.2. The molecule has 0 fully saturated rings. The number of nitrogens with one attached hydrogen (secondary N) is 1. The molecule has 0 radical (unpaired) electrons. The van der Waals surface area contributed by atoms with Crippen LogP contribution in [0.4, 0.5) is 5.69 Å². The molecule has 1 heterocycles. The van der Waals surface area contributed by atoms with Gasteiger partial charge in [-0.25, -0.2) is 9.59 Å². The fourth-order valence-electron chi connectivity index (χ4n) is 2.09. The van der Waals surface area contributed by atoms with E-state index in [9.17, 15) is 14.4 Å². The Balaban J connectivity index is 2.15. The van der Waals surface area contributed by atoms with Gasteiger partial charge in [-0.3, -0.25) is 4.79 Å². The predicted molar refractivity (Wildman–Crippen MR) is 98.7 cm³/mol. The lowest BCUT2D eigenvalue weighted by molar-refractivity contribution is -0.113. The zero-order valence-electron chi connectivity index (χ0n) is 15.2. The van der Waals surface area contributed by atoms with Crippen molar-refractivity contribution < 1.29 is 23.9 Å². The lowest BCUT2D eigenvalue weighted by atomic mass is 10.1. The number of rotatable bonds is 8. The first kappa shape index (κ1) is 20.4. The molecule has 0 aliphatic carbocycles. The number of aromatic nitrogens is 3. The fourth-order valence-corrected chi connectivity index (χ4v) is 2.78. The molecular formula is C17H20N4O5S. The summed E-state index contributed by atoms with van der Waals surface area (Å²) in [6.45, 7) is 3.75. The second-order valence-corrected chi connectivity index (χ2v) is 6.24. The third-order valence-electron chi connectivity index (χ3n) is 3.24. The minimum Gasteiger partial charge on any atom is -0.462 e. The monoisotopic (exact) mass is 392 g/mol. The van der Waals surface area contributed by atoms with Crippen molar-refractivity contribution in [1.82, 2.24) is 14.8 Å². The predicted octanol–water partition coefficient (Wildman–Crippen LogP) is 1.90. The molecule has 0 atom stereocenters. The van der Waals surface area contributed by atoms with Crippen molar-refractivity contribution in [3.63, 3.8) is 0 Å². The summed E-state index contributed by atoms with van der Waals surface area (Å²) in [6, 6.07) is 4.27. The average Bonchev–Trinajstić information content (AvgIpc) is 3.05. The number of carbonyl (C=O) groups is 3. The van der Waals surface area contributed by atoms with Gasteiger partial charge in [0.2, 0.25) is 5.91 Å². The van der Waals surface area contributed by atoms with Crippen molar-refractivity contribution >= 4 is 35.3 Å². The maximum Gasteiger partial charge on any atom is 0.338 e. The van der Waals surface area contributed by atoms with E-state index in [1.807, 2.05) is 0 Å². The van der Waals surface area contributed by atoms with E-state index in [0.717, 1.165) is 0 Å². The molecule has 0 unspecified atom stereocenters. The largest absolute Gasteiger partial charge is 0.462 e. The molecule has 1 aromatic heterocycles. The Kier molecular flexibility index (Phi) is 7.35. The summed E-state index contributed by atoms with van der Waals surface area (Å²) in [7, 11) is 1.77. The minimum atomic E-state index is -0.590. The maximum absolute atomic E-state index is 12.2. The summed E-state index contributed by atoms with van der Waals surface area (Å²) in [4.78, 5) is 36.3. The van der Waals surface area contributed by atoms with Gasteiger partial charge in [-0.05, 0) is 32.0 Å². The van der Waals surface area contributed by atoms with E-state index in [2.05, 4.69) is 15.5 Å². The highest BCUT2D eigenvalue weighted by Gasteiger charge is 2.16. The number of anilines is 1. The molecule has 1 aromatic carbocycles. The van der Waals surface area contributed by atoms with Crippen LogP contribution in [0.1, 0.15) is 34.6 Å². The Hall–Kier alpha value is -2.88. The smallest absolute Gasteiger partial charge is 0.338 e. The second-order valence-electron chi connectivity index (χ2n) is 5.30. The van der Waals surface area contributed by atoms with Gasteiger partial charge in [-0.15, -0.1) is 10.2 Å². The van der Waals surface area contributed by atoms with Crippen molar-refractivity contribution in [2.45, 2.75) is 19.0 Å². The van der Waals surface area contributed by atoms with Crippen molar-refractivity contribution in [2.24, 2.45) is 7.05 Å². The lowest BCUT2D eigenvalue weighted by Gasteiger charge is -2.10. The number of amides is 1. The van der Waals surface area contributed by atoms with Gasteiger partial charge in [0.15, 0.2) is 5.16 Å². The highest BCUT2D eigenvalue weighted by Crippen LogP contribution is 2.19. The number of carbonyl (C=O) groups excluding carboxylic acids is 3. The van der Waals surface area contributed by atoms with Gasteiger partial charge < -0.3 is 19.4 Å². The first-order chi connectivity index (χ1) is 12.9. The van der Waals surface area contributed by atoms with Crippen LogP contribution >= 0.6 is 11.8 Å². The molecular weight excluding hydrogens is 372 g/mol. The van der Waals surface area contributed by atoms with Gasteiger partial charge in [0.05, 0.1) is 30.1 Å². The Morgan fingerprint density at radius 1 is 1.07 bits per heavy atom. The average molecular weight is 392 g/mol. The number of esters is 2. The summed E-state index contributed by atoms with van der Waals surface area (Å²) in [5, 5.41) is 10.9. The van der Waals surface area contributed by atoms with Crippen molar-refractivity contribution in [2.75, 3.05) is 24.3 Å². The van der Waals surface area contributed by atoms with E-state index in [-0.39, 0.29) is 36.0 Å². The van der Waals surface area contributed by atoms with E-state index in [1.165, 1.54) is 36.3 Å². The van der Waals surface area contributed by atoms with Crippen LogP contribution < -0.4 is 5.32 Å². The van der Waals surface area contributed by atoms with Crippen LogP contribution in [0, 0.1) is 0 Å². The highest BCUT2D eigenvalue weighted by molar-refractivity contribution is 7.99. The number of thioether (sulfide) groups is 1. The van der Waals surface area contributed by atoms with Gasteiger partial charge >= 0.3 is 11.9 Å². The van der Waals surface area contributed by atoms with Gasteiger partial charge in [0.1, 0.15) is 6.33 Å². The Morgan fingerprint density at radius 3 is 2.15 bits per heavy atom. The molecule has 10 heteroatoms. The summed E-state index contributed by atoms with van der Waals surface area (Å²) < 4.78 is 11.6. The zero-order chi connectivity index (χ0) is 19.8. The molecule has 1 amide bonds. The summed E-state index contributed by atoms with van der Waals surface area (Å²) >= 11 is 1.21. The maximum atomic E-state index is 12.2. The molecule has 0 saturated carbocycles. The number of hydrogen-bond acceptors (Lipinski definition) is 8. The van der Waals surface area contributed by atoms with Gasteiger partial charge in [0.25, 0.3) is 0 Å². The molecule has 2 aromatic rings. The zero-order valence-corrected chi connectivity index (χ0v) is 16.0. The molecule has 0 aliphatic heterocycles. The Bertz CT molecular complexity index is 800. The molecule has 2 rings (SSSR count). The van der Waals surface area contributed by atoms with Crippen LogP contribution in [-0.4, -0.2) is 51.6 Å². The normalized spacial score (nSPS) is 10.3. The molecule has 1 N–H and O–H groups in total. The molecule has 27 heavy (non-hydrogen) atoms. The van der Waals surface area contributed by atoms with E-state index >= 15 is 0 Å². The van der Waals surface area contributed by atoms with Crippen molar-refractivity contribution in [3.8, 4) is 0 Å². The summed E-state index contributed by atoms with van der Waals surface area (Å²) in [5.41, 5.74) is 0.601. The van der Waals surface area contributed by atoms with Gasteiger partial charge in [0, 0.05) is 12.7 Å². The summed E-state index contributed by atoms with van der Waals surface area (Å²) in [5.74, 6) is -1.41. The van der Waals surface area contributed by atoms with Crippen LogP contribution in [0.3, 0.4) is 0 Å². The first-order valence-corrected chi connectivity index (χ1v) is 9.19. The molecule has 0 bridgehead atoms. The van der Waals surface area contributed by atoms with Crippen LogP contribution in [0.15, 0.2) is 29.7 Å². The quantitative estimate of drug-likeness (QED) is 0.535. The van der Waals surface area contributed by atoms with Crippen LogP contribution in [0.2, 0.25) is 0 Å². The Labute approximate surface area is 160 Å². The second kappa shape index (κ2) is 9.72. The SMILES string of the molecule is CCOC(=O)c1cc(NC(=O)CSc2nncn2C)cc(C(=O)OCC)c1. The van der Waals surface area contributed by atoms with Crippen LogP contribution in [0.25, 0.3) is 0 Å². The van der Waals surface area contributed by atoms with Crippen LogP contribution in [-0.2, 0) is 21.3 Å².